The molecule has 29 heavy (non-hydrogen) atoms. The number of carbonyl (C=O) groups is 3. The van der Waals surface area contributed by atoms with Crippen LogP contribution < -0.4 is 11.1 Å². The minimum Gasteiger partial charge on any atom is -0.366 e. The summed E-state index contributed by atoms with van der Waals surface area (Å²) in [6.07, 6.45) is 3.98. The maximum absolute atomic E-state index is 13.8. The zero-order valence-electron chi connectivity index (χ0n) is 15.7. The summed E-state index contributed by atoms with van der Waals surface area (Å²) < 4.78 is 13.8. The highest BCUT2D eigenvalue weighted by Crippen LogP contribution is 2.35. The molecule has 1 aromatic carbocycles. The highest BCUT2D eigenvalue weighted by atomic mass is 35.5. The van der Waals surface area contributed by atoms with Gasteiger partial charge in [0.05, 0.1) is 23.5 Å². The second-order valence-electron chi connectivity index (χ2n) is 7.14. The van der Waals surface area contributed by atoms with Gasteiger partial charge in [-0.2, -0.15) is 0 Å². The van der Waals surface area contributed by atoms with Crippen molar-refractivity contribution in [3.8, 4) is 0 Å². The van der Waals surface area contributed by atoms with Gasteiger partial charge in [-0.3, -0.25) is 19.4 Å². The summed E-state index contributed by atoms with van der Waals surface area (Å²) in [4.78, 5) is 42.0. The molecule has 0 radical (unpaired) electrons. The lowest BCUT2D eigenvalue weighted by Crippen LogP contribution is -2.46. The van der Waals surface area contributed by atoms with Crippen LogP contribution in [0.25, 0.3) is 0 Å². The Morgan fingerprint density at radius 1 is 1.21 bits per heavy atom. The molecule has 3 rings (SSSR count). The number of pyridine rings is 1. The maximum Gasteiger partial charge on any atom is 0.313 e. The summed E-state index contributed by atoms with van der Waals surface area (Å²) >= 11 is 5.97. The molecule has 152 valence electrons. The van der Waals surface area contributed by atoms with Crippen molar-refractivity contribution in [1.82, 2.24) is 9.88 Å². The first kappa shape index (κ1) is 20.7. The Hall–Kier alpha value is -3.00. The van der Waals surface area contributed by atoms with Crippen LogP contribution in [0, 0.1) is 11.7 Å². The zero-order chi connectivity index (χ0) is 21.1. The number of nitrogens with one attached hydrogen (secondary N) is 1. The minimum atomic E-state index is -0.880. The van der Waals surface area contributed by atoms with Crippen LogP contribution in [0.2, 0.25) is 5.02 Å². The maximum atomic E-state index is 13.8. The fourth-order valence-electron chi connectivity index (χ4n) is 3.45. The molecule has 7 nitrogen and oxygen atoms in total. The topological polar surface area (TPSA) is 105 Å². The van der Waals surface area contributed by atoms with E-state index in [0.717, 1.165) is 6.42 Å². The molecule has 0 spiro atoms. The molecule has 0 saturated carbocycles. The number of likely N-dealkylation sites (tertiary alicyclic amines) is 1. The van der Waals surface area contributed by atoms with E-state index in [4.69, 9.17) is 17.3 Å². The Labute approximate surface area is 172 Å². The van der Waals surface area contributed by atoms with Crippen molar-refractivity contribution in [2.45, 2.75) is 25.8 Å². The van der Waals surface area contributed by atoms with Gasteiger partial charge in [-0.1, -0.05) is 18.5 Å². The van der Waals surface area contributed by atoms with E-state index in [1.807, 2.05) is 6.92 Å². The number of hydrogen-bond acceptors (Lipinski definition) is 4. The highest BCUT2D eigenvalue weighted by Gasteiger charge is 2.34. The van der Waals surface area contributed by atoms with Crippen LogP contribution in [-0.4, -0.2) is 34.2 Å². The van der Waals surface area contributed by atoms with Gasteiger partial charge in [0.25, 0.3) is 0 Å². The molecule has 3 amide bonds. The lowest BCUT2D eigenvalue weighted by Gasteiger charge is -2.38. The lowest BCUT2D eigenvalue weighted by molar-refractivity contribution is -0.146. The number of benzene rings is 1. The monoisotopic (exact) mass is 418 g/mol. The van der Waals surface area contributed by atoms with Crippen LogP contribution in [0.5, 0.6) is 0 Å². The number of rotatable bonds is 3. The van der Waals surface area contributed by atoms with Crippen LogP contribution in [0.1, 0.15) is 41.7 Å². The SMILES string of the molecule is C[C@@H]1CCC(c2cc(F)cc(Cl)c2)N(C(=O)C(=O)Nc2cncc(C(N)=O)c2)C1. The van der Waals surface area contributed by atoms with Crippen molar-refractivity contribution in [2.24, 2.45) is 11.7 Å². The quantitative estimate of drug-likeness (QED) is 0.747. The predicted molar refractivity (Wildman–Crippen MR) is 106 cm³/mol. The van der Waals surface area contributed by atoms with E-state index in [-0.39, 0.29) is 22.2 Å². The molecule has 1 aliphatic heterocycles. The first-order valence-corrected chi connectivity index (χ1v) is 9.45. The molecular formula is C20H20ClFN4O3. The summed E-state index contributed by atoms with van der Waals surface area (Å²) in [6, 6.07) is 4.99. The summed E-state index contributed by atoms with van der Waals surface area (Å²) in [5.74, 6) is -2.65. The van der Waals surface area contributed by atoms with Crippen molar-refractivity contribution in [1.29, 1.82) is 0 Å². The van der Waals surface area contributed by atoms with Gasteiger partial charge >= 0.3 is 11.8 Å². The smallest absolute Gasteiger partial charge is 0.313 e. The molecule has 2 atom stereocenters. The van der Waals surface area contributed by atoms with E-state index < -0.39 is 29.6 Å². The molecule has 1 saturated heterocycles. The second kappa shape index (κ2) is 8.57. The first-order chi connectivity index (χ1) is 13.7. The number of halogens is 2. The van der Waals surface area contributed by atoms with Gasteiger partial charge < -0.3 is 16.0 Å². The largest absolute Gasteiger partial charge is 0.366 e. The van der Waals surface area contributed by atoms with Gasteiger partial charge in [0, 0.05) is 17.8 Å². The van der Waals surface area contributed by atoms with Crippen LogP contribution >= 0.6 is 11.6 Å². The number of anilines is 1. The number of piperidine rings is 1. The van der Waals surface area contributed by atoms with Crippen molar-refractivity contribution < 1.29 is 18.8 Å². The molecule has 0 bridgehead atoms. The number of amides is 3. The number of primary amides is 1. The average Bonchev–Trinajstić information content (AvgIpc) is 2.66. The number of nitrogens with zero attached hydrogens (tertiary/aromatic N) is 2. The number of aromatic nitrogens is 1. The Morgan fingerprint density at radius 3 is 2.66 bits per heavy atom. The average molecular weight is 419 g/mol. The van der Waals surface area contributed by atoms with Crippen molar-refractivity contribution >= 4 is 35.0 Å². The molecule has 9 heteroatoms. The van der Waals surface area contributed by atoms with Gasteiger partial charge in [0.15, 0.2) is 0 Å². The second-order valence-corrected chi connectivity index (χ2v) is 7.58. The van der Waals surface area contributed by atoms with Crippen LogP contribution in [0.15, 0.2) is 36.7 Å². The number of carbonyl (C=O) groups excluding carboxylic acids is 3. The van der Waals surface area contributed by atoms with E-state index in [1.54, 1.807) is 6.07 Å². The molecule has 0 aliphatic carbocycles. The Kier molecular flexibility index (Phi) is 6.12. The van der Waals surface area contributed by atoms with E-state index in [2.05, 4.69) is 10.3 Å². The van der Waals surface area contributed by atoms with Crippen molar-refractivity contribution in [2.75, 3.05) is 11.9 Å². The van der Waals surface area contributed by atoms with Gasteiger partial charge in [-0.25, -0.2) is 4.39 Å². The van der Waals surface area contributed by atoms with Crippen LogP contribution in [0.3, 0.4) is 0 Å². The standard InChI is InChI=1S/C20H20ClFN4O3/c1-11-2-3-17(12-4-14(21)7-15(22)5-12)26(10-11)20(29)19(28)25-16-6-13(18(23)27)8-24-9-16/h4-9,11,17H,2-3,10H2,1H3,(H2,23,27)(H,25,28)/t11-,17?/m1/s1. The van der Waals surface area contributed by atoms with Crippen LogP contribution in [-0.2, 0) is 9.59 Å². The van der Waals surface area contributed by atoms with Crippen molar-refractivity contribution in [3.63, 3.8) is 0 Å². The molecule has 2 heterocycles. The predicted octanol–water partition coefficient (Wildman–Crippen LogP) is 2.91. The summed E-state index contributed by atoms with van der Waals surface area (Å²) in [7, 11) is 0. The van der Waals surface area contributed by atoms with E-state index >= 15 is 0 Å². The third kappa shape index (κ3) is 4.89. The van der Waals surface area contributed by atoms with E-state index in [1.165, 1.54) is 35.5 Å². The third-order valence-corrected chi connectivity index (χ3v) is 5.04. The van der Waals surface area contributed by atoms with Gasteiger partial charge in [0.1, 0.15) is 5.82 Å². The van der Waals surface area contributed by atoms with Gasteiger partial charge in [0.2, 0.25) is 5.91 Å². The van der Waals surface area contributed by atoms with E-state index in [9.17, 15) is 18.8 Å². The first-order valence-electron chi connectivity index (χ1n) is 9.07. The zero-order valence-corrected chi connectivity index (χ0v) is 16.4. The molecule has 1 aliphatic rings. The summed E-state index contributed by atoms with van der Waals surface area (Å²) in [6.45, 7) is 2.33. The Bertz CT molecular complexity index is 948. The summed E-state index contributed by atoms with van der Waals surface area (Å²) in [5, 5.41) is 2.67. The molecule has 2 aromatic rings. The number of hydrogen-bond donors (Lipinski definition) is 2. The van der Waals surface area contributed by atoms with Crippen molar-refractivity contribution in [3.05, 3.63) is 58.6 Å². The summed E-state index contributed by atoms with van der Waals surface area (Å²) in [5.41, 5.74) is 6.03. The molecule has 3 N–H and O–H groups in total. The normalized spacial score (nSPS) is 18.9. The highest BCUT2D eigenvalue weighted by molar-refractivity contribution is 6.39. The lowest BCUT2D eigenvalue weighted by atomic mass is 9.89. The Morgan fingerprint density at radius 2 is 1.97 bits per heavy atom. The molecule has 1 unspecified atom stereocenters. The van der Waals surface area contributed by atoms with E-state index in [0.29, 0.717) is 18.5 Å². The van der Waals surface area contributed by atoms with Gasteiger partial charge in [-0.05, 0) is 48.6 Å². The fourth-order valence-corrected chi connectivity index (χ4v) is 3.68. The molecular weight excluding hydrogens is 399 g/mol. The van der Waals surface area contributed by atoms with Crippen LogP contribution in [0.4, 0.5) is 10.1 Å². The third-order valence-electron chi connectivity index (χ3n) is 4.82. The molecule has 1 aromatic heterocycles. The molecule has 1 fully saturated rings. The minimum absolute atomic E-state index is 0.106. The number of nitrogens with two attached hydrogens (primary N) is 1. The van der Waals surface area contributed by atoms with Gasteiger partial charge in [-0.15, -0.1) is 0 Å². The Balaban J connectivity index is 1.83. The fraction of sp³-hybridized carbons (Fsp3) is 0.300.